The fraction of sp³-hybridized carbons (Fsp3) is 0.533. The number of benzene rings is 1. The van der Waals surface area contributed by atoms with E-state index < -0.39 is 0 Å². The van der Waals surface area contributed by atoms with E-state index in [4.69, 9.17) is 4.74 Å². The number of oxime groups is 1. The highest BCUT2D eigenvalue weighted by Crippen LogP contribution is 2.41. The van der Waals surface area contributed by atoms with E-state index in [0.29, 0.717) is 0 Å². The van der Waals surface area contributed by atoms with Gasteiger partial charge in [-0.25, -0.2) is 0 Å². The molecule has 1 fully saturated rings. The van der Waals surface area contributed by atoms with Gasteiger partial charge in [0.05, 0.1) is 12.8 Å². The van der Waals surface area contributed by atoms with Gasteiger partial charge in [0.1, 0.15) is 5.75 Å². The van der Waals surface area contributed by atoms with Gasteiger partial charge in [0.2, 0.25) is 0 Å². The molecule has 0 aliphatic heterocycles. The van der Waals surface area contributed by atoms with E-state index >= 15 is 0 Å². The molecule has 1 aromatic rings. The second-order valence-corrected chi connectivity index (χ2v) is 4.92. The summed E-state index contributed by atoms with van der Waals surface area (Å²) in [5.41, 5.74) is 2.02. The van der Waals surface area contributed by atoms with Crippen molar-refractivity contribution >= 4 is 5.71 Å². The van der Waals surface area contributed by atoms with Crippen molar-refractivity contribution in [1.29, 1.82) is 0 Å². The SMILES string of the molecule is CCC1(c2cccc(OC)c2)CCCC/C1=N/O. The maximum absolute atomic E-state index is 9.30. The third-order valence-electron chi connectivity index (χ3n) is 4.17. The summed E-state index contributed by atoms with van der Waals surface area (Å²) in [6.45, 7) is 2.16. The van der Waals surface area contributed by atoms with Crippen molar-refractivity contribution < 1.29 is 9.94 Å². The summed E-state index contributed by atoms with van der Waals surface area (Å²) in [5.74, 6) is 0.864. The van der Waals surface area contributed by atoms with Gasteiger partial charge in [-0.1, -0.05) is 30.6 Å². The number of ether oxygens (including phenoxy) is 1. The minimum atomic E-state index is -0.110. The Balaban J connectivity index is 2.47. The first-order valence-corrected chi connectivity index (χ1v) is 6.63. The molecule has 2 rings (SSSR count). The minimum absolute atomic E-state index is 0.110. The zero-order valence-corrected chi connectivity index (χ0v) is 11.1. The van der Waals surface area contributed by atoms with Gasteiger partial charge < -0.3 is 9.94 Å². The van der Waals surface area contributed by atoms with Gasteiger partial charge in [-0.15, -0.1) is 0 Å². The zero-order valence-electron chi connectivity index (χ0n) is 11.1. The molecule has 1 unspecified atom stereocenters. The zero-order chi connectivity index (χ0) is 13.0. The van der Waals surface area contributed by atoms with Gasteiger partial charge >= 0.3 is 0 Å². The van der Waals surface area contributed by atoms with Gasteiger partial charge in [-0.05, 0) is 43.4 Å². The highest BCUT2D eigenvalue weighted by molar-refractivity contribution is 5.95. The standard InChI is InChI=1S/C15H21NO2/c1-3-15(10-5-4-9-14(15)16-17)12-7-6-8-13(11-12)18-2/h6-8,11,17H,3-5,9-10H2,1-2H3/b16-14-. The topological polar surface area (TPSA) is 41.8 Å². The molecule has 3 heteroatoms. The van der Waals surface area contributed by atoms with Crippen LogP contribution in [0.25, 0.3) is 0 Å². The Morgan fingerprint density at radius 3 is 2.89 bits per heavy atom. The number of hydrogen-bond acceptors (Lipinski definition) is 3. The molecule has 3 nitrogen and oxygen atoms in total. The Hall–Kier alpha value is -1.51. The van der Waals surface area contributed by atoms with Crippen molar-refractivity contribution in [1.82, 2.24) is 0 Å². The molecule has 1 atom stereocenters. The molecule has 1 aliphatic rings. The molecule has 0 radical (unpaired) electrons. The van der Waals surface area contributed by atoms with Gasteiger partial charge in [-0.2, -0.15) is 0 Å². The van der Waals surface area contributed by atoms with Crippen LogP contribution < -0.4 is 4.74 Å². The lowest BCUT2D eigenvalue weighted by atomic mass is 9.66. The molecule has 98 valence electrons. The summed E-state index contributed by atoms with van der Waals surface area (Å²) >= 11 is 0. The van der Waals surface area contributed by atoms with Crippen LogP contribution in [0.2, 0.25) is 0 Å². The molecule has 0 aromatic heterocycles. The number of rotatable bonds is 3. The molecule has 18 heavy (non-hydrogen) atoms. The van der Waals surface area contributed by atoms with Crippen molar-refractivity contribution in [3.8, 4) is 5.75 Å². The molecule has 0 spiro atoms. The fourth-order valence-electron chi connectivity index (χ4n) is 3.07. The van der Waals surface area contributed by atoms with E-state index in [-0.39, 0.29) is 5.41 Å². The first-order chi connectivity index (χ1) is 8.76. The van der Waals surface area contributed by atoms with Crippen LogP contribution in [0.4, 0.5) is 0 Å². The van der Waals surface area contributed by atoms with E-state index in [2.05, 4.69) is 24.2 Å². The first kappa shape index (κ1) is 12.9. The molecule has 0 saturated heterocycles. The van der Waals surface area contributed by atoms with Gasteiger partial charge in [-0.3, -0.25) is 0 Å². The molecule has 1 aliphatic carbocycles. The summed E-state index contributed by atoms with van der Waals surface area (Å²) in [6.07, 6.45) is 5.20. The molecule has 0 bridgehead atoms. The molecule has 0 heterocycles. The molecule has 1 aromatic carbocycles. The van der Waals surface area contributed by atoms with E-state index in [1.54, 1.807) is 7.11 Å². The maximum atomic E-state index is 9.30. The smallest absolute Gasteiger partial charge is 0.119 e. The normalized spacial score (nSPS) is 26.2. The third-order valence-corrected chi connectivity index (χ3v) is 4.17. The lowest BCUT2D eigenvalue weighted by Gasteiger charge is -2.37. The Labute approximate surface area is 108 Å². The first-order valence-electron chi connectivity index (χ1n) is 6.63. The molecular formula is C15H21NO2. The fourth-order valence-corrected chi connectivity index (χ4v) is 3.07. The second kappa shape index (κ2) is 5.42. The van der Waals surface area contributed by atoms with Gasteiger partial charge in [0.15, 0.2) is 0 Å². The van der Waals surface area contributed by atoms with Crippen molar-refractivity contribution in [2.24, 2.45) is 5.16 Å². The predicted molar refractivity (Wildman–Crippen MR) is 72.7 cm³/mol. The van der Waals surface area contributed by atoms with Crippen LogP contribution in [-0.4, -0.2) is 18.0 Å². The molecule has 1 saturated carbocycles. The van der Waals surface area contributed by atoms with Crippen LogP contribution >= 0.6 is 0 Å². The van der Waals surface area contributed by atoms with Crippen LogP contribution in [0.3, 0.4) is 0 Å². The Kier molecular flexibility index (Phi) is 3.90. The van der Waals surface area contributed by atoms with Crippen LogP contribution in [0.5, 0.6) is 5.75 Å². The molecule has 0 amide bonds. The maximum Gasteiger partial charge on any atom is 0.119 e. The van der Waals surface area contributed by atoms with Gasteiger partial charge in [0, 0.05) is 5.41 Å². The monoisotopic (exact) mass is 247 g/mol. The minimum Gasteiger partial charge on any atom is -0.497 e. The van der Waals surface area contributed by atoms with Crippen LogP contribution in [-0.2, 0) is 5.41 Å². The summed E-state index contributed by atoms with van der Waals surface area (Å²) in [7, 11) is 1.68. The van der Waals surface area contributed by atoms with Crippen molar-refractivity contribution in [2.45, 2.75) is 44.4 Å². The summed E-state index contributed by atoms with van der Waals surface area (Å²) in [4.78, 5) is 0. The quantitative estimate of drug-likeness (QED) is 0.653. The lowest BCUT2D eigenvalue weighted by Crippen LogP contribution is -2.38. The predicted octanol–water partition coefficient (Wildman–Crippen LogP) is 3.75. The van der Waals surface area contributed by atoms with Crippen LogP contribution in [0.1, 0.15) is 44.6 Å². The second-order valence-electron chi connectivity index (χ2n) is 4.92. The van der Waals surface area contributed by atoms with Crippen LogP contribution in [0, 0.1) is 0 Å². The average molecular weight is 247 g/mol. The summed E-state index contributed by atoms with van der Waals surface area (Å²) in [5, 5.41) is 12.9. The number of methoxy groups -OCH3 is 1. The van der Waals surface area contributed by atoms with E-state index in [0.717, 1.165) is 37.1 Å². The summed E-state index contributed by atoms with van der Waals surface area (Å²) in [6, 6.07) is 8.14. The third kappa shape index (κ3) is 2.09. The number of nitrogens with zero attached hydrogens (tertiary/aromatic N) is 1. The lowest BCUT2D eigenvalue weighted by molar-refractivity contribution is 0.302. The van der Waals surface area contributed by atoms with E-state index in [9.17, 15) is 5.21 Å². The largest absolute Gasteiger partial charge is 0.497 e. The van der Waals surface area contributed by atoms with E-state index in [1.165, 1.54) is 12.0 Å². The summed E-state index contributed by atoms with van der Waals surface area (Å²) < 4.78 is 5.30. The van der Waals surface area contributed by atoms with Crippen molar-refractivity contribution in [3.63, 3.8) is 0 Å². The highest BCUT2D eigenvalue weighted by atomic mass is 16.5. The van der Waals surface area contributed by atoms with Crippen LogP contribution in [0.15, 0.2) is 29.4 Å². The number of hydrogen-bond donors (Lipinski definition) is 1. The highest BCUT2D eigenvalue weighted by Gasteiger charge is 2.38. The Morgan fingerprint density at radius 2 is 2.22 bits per heavy atom. The van der Waals surface area contributed by atoms with Crippen molar-refractivity contribution in [3.05, 3.63) is 29.8 Å². The molecule has 1 N–H and O–H groups in total. The van der Waals surface area contributed by atoms with Gasteiger partial charge in [0.25, 0.3) is 0 Å². The Bertz CT molecular complexity index is 442. The van der Waals surface area contributed by atoms with Crippen molar-refractivity contribution in [2.75, 3.05) is 7.11 Å². The average Bonchev–Trinajstić information content (AvgIpc) is 2.47. The molecular weight excluding hydrogens is 226 g/mol. The van der Waals surface area contributed by atoms with E-state index in [1.807, 2.05) is 12.1 Å². The Morgan fingerprint density at radius 1 is 1.39 bits per heavy atom.